The molecule has 1 heterocycles. The molecule has 0 saturated heterocycles. The van der Waals surface area contributed by atoms with Gasteiger partial charge in [0.05, 0.1) is 6.61 Å². The van der Waals surface area contributed by atoms with Crippen LogP contribution in [0.25, 0.3) is 0 Å². The first-order valence-corrected chi connectivity index (χ1v) is 8.00. The largest absolute Gasteiger partial charge is 0.392 e. The molecule has 1 rings (SSSR count). The Kier molecular flexibility index (Phi) is 6.21. The van der Waals surface area contributed by atoms with Gasteiger partial charge in [-0.2, -0.15) is 0 Å². The van der Waals surface area contributed by atoms with E-state index in [1.54, 1.807) is 0 Å². The molecule has 0 bridgehead atoms. The third-order valence-corrected chi connectivity index (χ3v) is 3.32. The Labute approximate surface area is 130 Å². The summed E-state index contributed by atoms with van der Waals surface area (Å²) in [6, 6.07) is 4.05. The third-order valence-electron chi connectivity index (χ3n) is 3.32. The van der Waals surface area contributed by atoms with Gasteiger partial charge in [0.2, 0.25) is 0 Å². The van der Waals surface area contributed by atoms with Crippen molar-refractivity contribution in [2.75, 3.05) is 18.0 Å². The molecule has 1 aromatic heterocycles. The van der Waals surface area contributed by atoms with Gasteiger partial charge >= 0.3 is 0 Å². The van der Waals surface area contributed by atoms with E-state index in [0.717, 1.165) is 30.2 Å². The van der Waals surface area contributed by atoms with Crippen molar-refractivity contribution >= 4 is 5.82 Å². The lowest BCUT2D eigenvalue weighted by Gasteiger charge is -2.29. The summed E-state index contributed by atoms with van der Waals surface area (Å²) in [5, 5.41) is 9.55. The van der Waals surface area contributed by atoms with E-state index in [0.29, 0.717) is 11.8 Å². The molecule has 0 amide bonds. The summed E-state index contributed by atoms with van der Waals surface area (Å²) in [6.07, 6.45) is 0. The van der Waals surface area contributed by atoms with Crippen LogP contribution in [0.5, 0.6) is 0 Å². The molecule has 0 aromatic carbocycles. The molecule has 21 heavy (non-hydrogen) atoms. The highest BCUT2D eigenvalue weighted by Gasteiger charge is 2.20. The number of aliphatic hydroxyl groups is 1. The van der Waals surface area contributed by atoms with Crippen molar-refractivity contribution in [2.45, 2.75) is 60.5 Å². The third kappa shape index (κ3) is 5.66. The predicted octanol–water partition coefficient (Wildman–Crippen LogP) is 3.99. The Morgan fingerprint density at radius 3 is 1.95 bits per heavy atom. The van der Waals surface area contributed by atoms with Gasteiger partial charge in [-0.15, -0.1) is 0 Å². The van der Waals surface area contributed by atoms with E-state index >= 15 is 0 Å². The average Bonchev–Trinajstić information content (AvgIpc) is 2.35. The molecule has 0 aliphatic carbocycles. The summed E-state index contributed by atoms with van der Waals surface area (Å²) in [5.74, 6) is 2.16. The first kappa shape index (κ1) is 18.0. The molecule has 3 heteroatoms. The smallest absolute Gasteiger partial charge is 0.129 e. The first-order chi connectivity index (χ1) is 9.63. The summed E-state index contributed by atoms with van der Waals surface area (Å²) in [6.45, 7) is 17.5. The van der Waals surface area contributed by atoms with Crippen molar-refractivity contribution < 1.29 is 5.11 Å². The zero-order chi connectivity index (χ0) is 16.2. The maximum atomic E-state index is 9.55. The predicted molar refractivity (Wildman–Crippen MR) is 90.7 cm³/mol. The van der Waals surface area contributed by atoms with Gasteiger partial charge in [0, 0.05) is 24.2 Å². The van der Waals surface area contributed by atoms with E-state index in [-0.39, 0.29) is 12.0 Å². The molecular formula is C18H32N2O. The number of hydrogen-bond donors (Lipinski definition) is 1. The van der Waals surface area contributed by atoms with Crippen LogP contribution in [0.1, 0.15) is 59.7 Å². The lowest BCUT2D eigenvalue weighted by atomic mass is 9.90. The Morgan fingerprint density at radius 1 is 1.05 bits per heavy atom. The van der Waals surface area contributed by atoms with Gasteiger partial charge in [-0.1, -0.05) is 48.5 Å². The average molecular weight is 292 g/mol. The number of hydrogen-bond acceptors (Lipinski definition) is 3. The van der Waals surface area contributed by atoms with Crippen LogP contribution in [0.4, 0.5) is 5.82 Å². The number of aliphatic hydroxyl groups excluding tert-OH is 1. The fourth-order valence-corrected chi connectivity index (χ4v) is 2.35. The molecule has 0 fully saturated rings. The minimum absolute atomic E-state index is 0.0126. The van der Waals surface area contributed by atoms with Gasteiger partial charge in [-0.05, 0) is 29.5 Å². The normalized spacial score (nSPS) is 12.3. The topological polar surface area (TPSA) is 36.4 Å². The monoisotopic (exact) mass is 292 g/mol. The van der Waals surface area contributed by atoms with Gasteiger partial charge in [0.25, 0.3) is 0 Å². The summed E-state index contributed by atoms with van der Waals surface area (Å²) < 4.78 is 0. The van der Waals surface area contributed by atoms with Gasteiger partial charge < -0.3 is 10.0 Å². The number of anilines is 1. The van der Waals surface area contributed by atoms with Crippen molar-refractivity contribution in [1.82, 2.24) is 4.98 Å². The van der Waals surface area contributed by atoms with Crippen LogP contribution in [0.15, 0.2) is 12.1 Å². The van der Waals surface area contributed by atoms with E-state index < -0.39 is 0 Å². The van der Waals surface area contributed by atoms with Crippen LogP contribution in [0.3, 0.4) is 0 Å². The summed E-state index contributed by atoms with van der Waals surface area (Å²) in [7, 11) is 0. The molecule has 0 unspecified atom stereocenters. The Balaban J connectivity index is 3.22. The zero-order valence-corrected chi connectivity index (χ0v) is 14.8. The molecule has 120 valence electrons. The molecule has 0 spiro atoms. The molecule has 3 nitrogen and oxygen atoms in total. The van der Waals surface area contributed by atoms with Crippen LogP contribution in [0.2, 0.25) is 0 Å². The van der Waals surface area contributed by atoms with Gasteiger partial charge in [-0.3, -0.25) is 0 Å². The standard InChI is InChI=1S/C18H32N2O/c1-13(2)10-20(11-14(3)4)17-9-15(12-21)8-16(19-17)18(5,6)7/h8-9,13-14,21H,10-12H2,1-7H3. The van der Waals surface area contributed by atoms with E-state index in [1.165, 1.54) is 0 Å². The summed E-state index contributed by atoms with van der Waals surface area (Å²) in [5.41, 5.74) is 1.98. The fraction of sp³-hybridized carbons (Fsp3) is 0.722. The zero-order valence-electron chi connectivity index (χ0n) is 14.8. The van der Waals surface area contributed by atoms with E-state index in [2.05, 4.69) is 53.4 Å². The van der Waals surface area contributed by atoms with Gasteiger partial charge in [-0.25, -0.2) is 4.98 Å². The van der Waals surface area contributed by atoms with E-state index in [9.17, 15) is 5.11 Å². The SMILES string of the molecule is CC(C)CN(CC(C)C)c1cc(CO)cc(C(C)(C)C)n1. The molecule has 0 aliphatic heterocycles. The highest BCUT2D eigenvalue weighted by Crippen LogP contribution is 2.26. The fourth-order valence-electron chi connectivity index (χ4n) is 2.35. The Hall–Kier alpha value is -1.09. The van der Waals surface area contributed by atoms with Crippen LogP contribution >= 0.6 is 0 Å². The molecule has 0 radical (unpaired) electrons. The highest BCUT2D eigenvalue weighted by atomic mass is 16.3. The minimum atomic E-state index is -0.0126. The quantitative estimate of drug-likeness (QED) is 0.861. The number of rotatable bonds is 6. The van der Waals surface area contributed by atoms with Crippen LogP contribution in [-0.2, 0) is 12.0 Å². The summed E-state index contributed by atoms with van der Waals surface area (Å²) >= 11 is 0. The van der Waals surface area contributed by atoms with Crippen molar-refractivity contribution in [3.63, 3.8) is 0 Å². The van der Waals surface area contributed by atoms with Crippen molar-refractivity contribution in [1.29, 1.82) is 0 Å². The maximum Gasteiger partial charge on any atom is 0.129 e. The lowest BCUT2D eigenvalue weighted by molar-refractivity contribution is 0.281. The Bertz CT molecular complexity index is 437. The van der Waals surface area contributed by atoms with Crippen molar-refractivity contribution in [3.05, 3.63) is 23.4 Å². The minimum Gasteiger partial charge on any atom is -0.392 e. The summed E-state index contributed by atoms with van der Waals surface area (Å²) in [4.78, 5) is 7.22. The molecular weight excluding hydrogens is 260 g/mol. The molecule has 0 saturated carbocycles. The van der Waals surface area contributed by atoms with Gasteiger partial charge in [0.1, 0.15) is 5.82 Å². The number of aromatic nitrogens is 1. The molecule has 0 aliphatic rings. The van der Waals surface area contributed by atoms with E-state index in [1.807, 2.05) is 12.1 Å². The highest BCUT2D eigenvalue weighted by molar-refractivity contribution is 5.44. The maximum absolute atomic E-state index is 9.55. The second-order valence-electron chi connectivity index (χ2n) is 7.82. The van der Waals surface area contributed by atoms with Crippen LogP contribution in [0, 0.1) is 11.8 Å². The molecule has 1 aromatic rings. The van der Waals surface area contributed by atoms with Gasteiger partial charge in [0.15, 0.2) is 0 Å². The van der Waals surface area contributed by atoms with Crippen molar-refractivity contribution in [3.8, 4) is 0 Å². The van der Waals surface area contributed by atoms with Crippen LogP contribution < -0.4 is 4.90 Å². The lowest BCUT2D eigenvalue weighted by Crippen LogP contribution is -2.32. The second kappa shape index (κ2) is 7.26. The molecule has 0 atom stereocenters. The number of nitrogens with zero attached hydrogens (tertiary/aromatic N) is 2. The second-order valence-corrected chi connectivity index (χ2v) is 7.82. The van der Waals surface area contributed by atoms with Crippen LogP contribution in [-0.4, -0.2) is 23.2 Å². The number of pyridine rings is 1. The van der Waals surface area contributed by atoms with E-state index in [4.69, 9.17) is 4.98 Å². The first-order valence-electron chi connectivity index (χ1n) is 8.00. The molecule has 1 N–H and O–H groups in total. The van der Waals surface area contributed by atoms with Crippen molar-refractivity contribution in [2.24, 2.45) is 11.8 Å². The Morgan fingerprint density at radius 2 is 1.57 bits per heavy atom.